The summed E-state index contributed by atoms with van der Waals surface area (Å²) in [7, 11) is 0. The summed E-state index contributed by atoms with van der Waals surface area (Å²) in [6.45, 7) is 4.54. The summed E-state index contributed by atoms with van der Waals surface area (Å²) in [6.07, 6.45) is 1.71. The molecule has 4 nitrogen and oxygen atoms in total. The Morgan fingerprint density at radius 2 is 2.19 bits per heavy atom. The molecule has 0 amide bonds. The zero-order valence-electron chi connectivity index (χ0n) is 12.2. The zero-order valence-corrected chi connectivity index (χ0v) is 13.8. The minimum Gasteiger partial charge on any atom is -0.490 e. The highest BCUT2D eigenvalue weighted by molar-refractivity contribution is 9.10. The average Bonchev–Trinajstić information content (AvgIpc) is 2.73. The van der Waals surface area contributed by atoms with E-state index in [4.69, 9.17) is 15.2 Å². The molecule has 1 heterocycles. The van der Waals surface area contributed by atoms with Crippen LogP contribution >= 0.6 is 15.9 Å². The Balaban J connectivity index is 2.15. The fourth-order valence-electron chi connectivity index (χ4n) is 2.22. The third-order valence-electron chi connectivity index (χ3n) is 3.28. The molecule has 1 aliphatic heterocycles. The van der Waals surface area contributed by atoms with E-state index in [0.717, 1.165) is 40.9 Å². The number of nitrogens with two attached hydrogens (primary N) is 1. The Hall–Kier alpha value is -1.22. The van der Waals surface area contributed by atoms with E-state index in [1.165, 1.54) is 0 Å². The molecule has 0 radical (unpaired) electrons. The number of nitrogens with one attached hydrogen (secondary N) is 1. The Labute approximate surface area is 134 Å². The van der Waals surface area contributed by atoms with Crippen LogP contribution < -0.4 is 20.5 Å². The fourth-order valence-corrected chi connectivity index (χ4v) is 2.80. The zero-order chi connectivity index (χ0) is 15.1. The third kappa shape index (κ3) is 4.37. The number of hydrogen-bond acceptors (Lipinski definition) is 4. The van der Waals surface area contributed by atoms with Crippen LogP contribution in [0, 0.1) is 11.8 Å². The molecule has 1 aromatic carbocycles. The standard InChI is InChI=1S/C16H21BrN2O2/c1-2-3-4-6-19-14(11-18)12-9-13(17)16-15(10-12)20-7-5-8-21-16/h9-10,14,19H,4-8,11,18H2,1H3. The highest BCUT2D eigenvalue weighted by Gasteiger charge is 2.18. The summed E-state index contributed by atoms with van der Waals surface area (Å²) in [5.74, 6) is 7.50. The van der Waals surface area contributed by atoms with Crippen molar-refractivity contribution < 1.29 is 9.47 Å². The first-order valence-corrected chi connectivity index (χ1v) is 7.97. The Morgan fingerprint density at radius 3 is 2.95 bits per heavy atom. The van der Waals surface area contributed by atoms with E-state index < -0.39 is 0 Å². The molecule has 0 bridgehead atoms. The van der Waals surface area contributed by atoms with Crippen LogP contribution in [-0.4, -0.2) is 26.3 Å². The van der Waals surface area contributed by atoms with Gasteiger partial charge < -0.3 is 20.5 Å². The van der Waals surface area contributed by atoms with Gasteiger partial charge in [0.1, 0.15) is 0 Å². The summed E-state index contributed by atoms with van der Waals surface area (Å²) >= 11 is 3.56. The quantitative estimate of drug-likeness (QED) is 0.631. The number of halogens is 1. The van der Waals surface area contributed by atoms with E-state index in [9.17, 15) is 0 Å². The van der Waals surface area contributed by atoms with Gasteiger partial charge in [-0.05, 0) is 40.5 Å². The summed E-state index contributed by atoms with van der Waals surface area (Å²) in [5, 5.41) is 3.43. The van der Waals surface area contributed by atoms with Gasteiger partial charge in [0.05, 0.1) is 17.7 Å². The summed E-state index contributed by atoms with van der Waals surface area (Å²) in [5.41, 5.74) is 6.99. The van der Waals surface area contributed by atoms with Crippen molar-refractivity contribution in [3.05, 3.63) is 22.2 Å². The SMILES string of the molecule is CC#CCCNC(CN)c1cc(Br)c2c(c1)OCCCO2. The number of rotatable bonds is 5. The maximum atomic E-state index is 5.89. The molecule has 1 atom stereocenters. The van der Waals surface area contributed by atoms with Gasteiger partial charge in [-0.2, -0.15) is 0 Å². The average molecular weight is 353 g/mol. The second kappa shape index (κ2) is 8.28. The maximum Gasteiger partial charge on any atom is 0.175 e. The normalized spacial score (nSPS) is 14.8. The second-order valence-corrected chi connectivity index (χ2v) is 5.65. The van der Waals surface area contributed by atoms with Gasteiger partial charge in [-0.15, -0.1) is 11.8 Å². The summed E-state index contributed by atoms with van der Waals surface area (Å²) < 4.78 is 12.4. The van der Waals surface area contributed by atoms with Crippen LogP contribution in [-0.2, 0) is 0 Å². The molecule has 114 valence electrons. The molecule has 0 aromatic heterocycles. The van der Waals surface area contributed by atoms with Crippen molar-refractivity contribution in [2.45, 2.75) is 25.8 Å². The van der Waals surface area contributed by atoms with Crippen LogP contribution in [0.5, 0.6) is 11.5 Å². The molecule has 0 saturated heterocycles. The van der Waals surface area contributed by atoms with Gasteiger partial charge in [0.25, 0.3) is 0 Å². The predicted molar refractivity (Wildman–Crippen MR) is 87.6 cm³/mol. The molecular formula is C16H21BrN2O2. The first-order chi connectivity index (χ1) is 10.3. The lowest BCUT2D eigenvalue weighted by Crippen LogP contribution is -2.29. The molecule has 0 saturated carbocycles. The van der Waals surface area contributed by atoms with E-state index in [1.54, 1.807) is 0 Å². The molecule has 3 N–H and O–H groups in total. The molecule has 2 rings (SSSR count). The molecular weight excluding hydrogens is 332 g/mol. The highest BCUT2D eigenvalue weighted by atomic mass is 79.9. The van der Waals surface area contributed by atoms with Crippen molar-refractivity contribution in [3.8, 4) is 23.3 Å². The number of benzene rings is 1. The van der Waals surface area contributed by atoms with Gasteiger partial charge in [0, 0.05) is 32.0 Å². The topological polar surface area (TPSA) is 56.5 Å². The Kier molecular flexibility index (Phi) is 6.37. The monoisotopic (exact) mass is 352 g/mol. The van der Waals surface area contributed by atoms with Crippen LogP contribution in [0.4, 0.5) is 0 Å². The lowest BCUT2D eigenvalue weighted by atomic mass is 10.1. The summed E-state index contributed by atoms with van der Waals surface area (Å²) in [6, 6.07) is 4.14. The van der Waals surface area contributed by atoms with Gasteiger partial charge >= 0.3 is 0 Å². The van der Waals surface area contributed by atoms with E-state index in [0.29, 0.717) is 19.8 Å². The van der Waals surface area contributed by atoms with Crippen molar-refractivity contribution in [2.75, 3.05) is 26.3 Å². The molecule has 0 aliphatic carbocycles. The van der Waals surface area contributed by atoms with E-state index in [-0.39, 0.29) is 6.04 Å². The number of hydrogen-bond donors (Lipinski definition) is 2. The smallest absolute Gasteiger partial charge is 0.175 e. The number of ether oxygens (including phenoxy) is 2. The van der Waals surface area contributed by atoms with Gasteiger partial charge in [-0.1, -0.05) is 0 Å². The van der Waals surface area contributed by atoms with Crippen molar-refractivity contribution in [1.29, 1.82) is 0 Å². The maximum absolute atomic E-state index is 5.89. The minimum atomic E-state index is 0.0807. The third-order valence-corrected chi connectivity index (χ3v) is 3.87. The van der Waals surface area contributed by atoms with E-state index in [1.807, 2.05) is 19.1 Å². The van der Waals surface area contributed by atoms with Crippen LogP contribution in [0.2, 0.25) is 0 Å². The Bertz CT molecular complexity index is 537. The van der Waals surface area contributed by atoms with Gasteiger partial charge in [0.15, 0.2) is 11.5 Å². The van der Waals surface area contributed by atoms with Crippen molar-refractivity contribution in [3.63, 3.8) is 0 Å². The van der Waals surface area contributed by atoms with Gasteiger partial charge in [0.2, 0.25) is 0 Å². The van der Waals surface area contributed by atoms with Crippen molar-refractivity contribution >= 4 is 15.9 Å². The molecule has 5 heteroatoms. The first kappa shape index (κ1) is 16.2. The van der Waals surface area contributed by atoms with Crippen molar-refractivity contribution in [2.24, 2.45) is 5.73 Å². The molecule has 1 aliphatic rings. The van der Waals surface area contributed by atoms with E-state index >= 15 is 0 Å². The van der Waals surface area contributed by atoms with Crippen LogP contribution in [0.1, 0.15) is 31.4 Å². The lowest BCUT2D eigenvalue weighted by molar-refractivity contribution is 0.296. The predicted octanol–water partition coefficient (Wildman–Crippen LogP) is 2.61. The van der Waals surface area contributed by atoms with Gasteiger partial charge in [-0.25, -0.2) is 0 Å². The van der Waals surface area contributed by atoms with Crippen molar-refractivity contribution in [1.82, 2.24) is 5.32 Å². The largest absolute Gasteiger partial charge is 0.490 e. The second-order valence-electron chi connectivity index (χ2n) is 4.80. The lowest BCUT2D eigenvalue weighted by Gasteiger charge is -2.19. The fraction of sp³-hybridized carbons (Fsp3) is 0.500. The highest BCUT2D eigenvalue weighted by Crippen LogP contribution is 2.39. The molecule has 0 fully saturated rings. The molecule has 1 unspecified atom stereocenters. The Morgan fingerprint density at radius 1 is 1.38 bits per heavy atom. The minimum absolute atomic E-state index is 0.0807. The van der Waals surface area contributed by atoms with E-state index in [2.05, 4.69) is 33.1 Å². The first-order valence-electron chi connectivity index (χ1n) is 7.18. The molecule has 1 aromatic rings. The van der Waals surface area contributed by atoms with Crippen LogP contribution in [0.15, 0.2) is 16.6 Å². The summed E-state index contributed by atoms with van der Waals surface area (Å²) in [4.78, 5) is 0. The van der Waals surface area contributed by atoms with Gasteiger partial charge in [-0.3, -0.25) is 0 Å². The molecule has 21 heavy (non-hydrogen) atoms. The molecule has 0 spiro atoms. The van der Waals surface area contributed by atoms with Crippen LogP contribution in [0.3, 0.4) is 0 Å². The number of fused-ring (bicyclic) bond motifs is 1. The van der Waals surface area contributed by atoms with Crippen LogP contribution in [0.25, 0.3) is 0 Å².